The molecule has 2 heterocycles. The number of nitrogens with zero attached hydrogens (tertiary/aromatic N) is 2. The van der Waals surface area contributed by atoms with Gasteiger partial charge in [0, 0.05) is 13.1 Å². The molecule has 0 aromatic heterocycles. The molecule has 3 rings (SSSR count). The van der Waals surface area contributed by atoms with Crippen molar-refractivity contribution in [1.82, 2.24) is 9.80 Å². The van der Waals surface area contributed by atoms with E-state index in [-0.39, 0.29) is 19.1 Å². The van der Waals surface area contributed by atoms with Crippen molar-refractivity contribution in [3.8, 4) is 0 Å². The maximum absolute atomic E-state index is 12.5. The van der Waals surface area contributed by atoms with Crippen LogP contribution in [0.4, 0.5) is 0 Å². The summed E-state index contributed by atoms with van der Waals surface area (Å²) in [5, 5.41) is 10.9. The van der Waals surface area contributed by atoms with Crippen LogP contribution in [-0.2, 0) is 20.9 Å². The molecule has 2 aliphatic rings. The van der Waals surface area contributed by atoms with E-state index in [9.17, 15) is 9.90 Å². The normalized spacial score (nSPS) is 25.1. The topological polar surface area (TPSA) is 62.2 Å². The molecule has 2 fully saturated rings. The average Bonchev–Trinajstić information content (AvgIpc) is 3.03. The van der Waals surface area contributed by atoms with Gasteiger partial charge in [-0.15, -0.1) is 0 Å². The van der Waals surface area contributed by atoms with E-state index in [1.165, 1.54) is 12.8 Å². The van der Waals surface area contributed by atoms with Gasteiger partial charge in [-0.2, -0.15) is 0 Å². The van der Waals surface area contributed by atoms with E-state index in [1.807, 2.05) is 30.3 Å². The van der Waals surface area contributed by atoms with Crippen molar-refractivity contribution in [3.05, 3.63) is 35.9 Å². The highest BCUT2D eigenvalue weighted by Gasteiger charge is 2.36. The van der Waals surface area contributed by atoms with Crippen molar-refractivity contribution in [2.24, 2.45) is 0 Å². The molecular formula is C19H28N2O4. The van der Waals surface area contributed by atoms with E-state index in [0.717, 1.165) is 18.7 Å². The Morgan fingerprint density at radius 3 is 2.72 bits per heavy atom. The Labute approximate surface area is 149 Å². The molecule has 25 heavy (non-hydrogen) atoms. The average molecular weight is 348 g/mol. The lowest BCUT2D eigenvalue weighted by atomic mass is 10.0. The summed E-state index contributed by atoms with van der Waals surface area (Å²) >= 11 is 0. The molecule has 1 atom stereocenters. The maximum Gasteiger partial charge on any atom is 0.248 e. The maximum atomic E-state index is 12.5. The van der Waals surface area contributed by atoms with Crippen LogP contribution in [0, 0.1) is 0 Å². The number of hydrogen-bond acceptors (Lipinski definition) is 5. The second kappa shape index (κ2) is 8.76. The first-order chi connectivity index (χ1) is 12.1. The van der Waals surface area contributed by atoms with Gasteiger partial charge in [0.25, 0.3) is 0 Å². The molecule has 0 bridgehead atoms. The molecule has 0 saturated carbocycles. The van der Waals surface area contributed by atoms with Gasteiger partial charge in [-0.05, 0) is 31.5 Å². The molecule has 2 aliphatic heterocycles. The van der Waals surface area contributed by atoms with E-state index in [1.54, 1.807) is 4.90 Å². The molecule has 1 N–H and O–H groups in total. The van der Waals surface area contributed by atoms with Gasteiger partial charge in [0.15, 0.2) is 0 Å². The lowest BCUT2D eigenvalue weighted by Gasteiger charge is -2.34. The zero-order valence-corrected chi connectivity index (χ0v) is 14.7. The van der Waals surface area contributed by atoms with Gasteiger partial charge in [-0.3, -0.25) is 4.79 Å². The number of likely N-dealkylation sites (tertiary alicyclic amines) is 1. The van der Waals surface area contributed by atoms with Crippen molar-refractivity contribution < 1.29 is 19.4 Å². The van der Waals surface area contributed by atoms with Crippen LogP contribution in [0.15, 0.2) is 30.3 Å². The minimum atomic E-state index is -1.00. The Hall–Kier alpha value is -1.47. The van der Waals surface area contributed by atoms with Crippen LogP contribution >= 0.6 is 0 Å². The first-order valence-corrected chi connectivity index (χ1v) is 9.07. The summed E-state index contributed by atoms with van der Waals surface area (Å²) in [4.78, 5) is 16.4. The predicted octanol–water partition coefficient (Wildman–Crippen LogP) is 0.889. The first kappa shape index (κ1) is 18.3. The summed E-state index contributed by atoms with van der Waals surface area (Å²) in [6.45, 7) is 4.54. The third-order valence-corrected chi connectivity index (χ3v) is 4.77. The van der Waals surface area contributed by atoms with Crippen LogP contribution in [0.1, 0.15) is 18.4 Å². The molecule has 1 aromatic rings. The summed E-state index contributed by atoms with van der Waals surface area (Å²) in [6, 6.07) is 9.79. The molecule has 1 amide bonds. The highest BCUT2D eigenvalue weighted by Crippen LogP contribution is 2.18. The molecule has 0 radical (unpaired) electrons. The van der Waals surface area contributed by atoms with Crippen molar-refractivity contribution in [2.75, 3.05) is 52.5 Å². The van der Waals surface area contributed by atoms with E-state index >= 15 is 0 Å². The van der Waals surface area contributed by atoms with Gasteiger partial charge in [0.1, 0.15) is 12.2 Å². The minimum Gasteiger partial charge on any atom is -0.384 e. The van der Waals surface area contributed by atoms with Crippen LogP contribution in [0.25, 0.3) is 0 Å². The summed E-state index contributed by atoms with van der Waals surface area (Å²) in [7, 11) is 0. The van der Waals surface area contributed by atoms with Crippen LogP contribution in [-0.4, -0.2) is 79.0 Å². The van der Waals surface area contributed by atoms with Gasteiger partial charge in [0.05, 0.1) is 26.4 Å². The van der Waals surface area contributed by atoms with Crippen LogP contribution in [0.5, 0.6) is 0 Å². The zero-order chi connectivity index (χ0) is 17.5. The monoisotopic (exact) mass is 348 g/mol. The van der Waals surface area contributed by atoms with E-state index in [0.29, 0.717) is 32.8 Å². The number of ether oxygens (including phenoxy) is 2. The molecule has 2 saturated heterocycles. The van der Waals surface area contributed by atoms with Crippen LogP contribution in [0.3, 0.4) is 0 Å². The number of rotatable bonds is 6. The molecular weight excluding hydrogens is 320 g/mol. The fraction of sp³-hybridized carbons (Fsp3) is 0.632. The molecule has 1 aromatic carbocycles. The molecule has 6 nitrogen and oxygen atoms in total. The predicted molar refractivity (Wildman–Crippen MR) is 94.1 cm³/mol. The van der Waals surface area contributed by atoms with Gasteiger partial charge < -0.3 is 24.4 Å². The number of carbonyl (C=O) groups is 1. The number of aliphatic hydroxyl groups is 1. The molecule has 0 spiro atoms. The number of carbonyl (C=O) groups excluding carboxylic acids is 1. The fourth-order valence-corrected chi connectivity index (χ4v) is 3.50. The van der Waals surface area contributed by atoms with Gasteiger partial charge in [-0.25, -0.2) is 0 Å². The highest BCUT2D eigenvalue weighted by atomic mass is 16.5. The molecule has 138 valence electrons. The zero-order valence-electron chi connectivity index (χ0n) is 14.7. The van der Waals surface area contributed by atoms with Crippen molar-refractivity contribution in [2.45, 2.75) is 25.0 Å². The molecule has 0 unspecified atom stereocenters. The largest absolute Gasteiger partial charge is 0.384 e. The van der Waals surface area contributed by atoms with Crippen molar-refractivity contribution in [3.63, 3.8) is 0 Å². The summed E-state index contributed by atoms with van der Waals surface area (Å²) in [5.74, 6) is -0.0960. The number of β-amino-alcohol motifs (C(OH)–C–C–N with tert-alkyl or cyclic N) is 1. The van der Waals surface area contributed by atoms with E-state index in [2.05, 4.69) is 4.90 Å². The van der Waals surface area contributed by atoms with E-state index < -0.39 is 5.60 Å². The van der Waals surface area contributed by atoms with E-state index in [4.69, 9.17) is 9.47 Å². The fourth-order valence-electron chi connectivity index (χ4n) is 3.50. The standard InChI is InChI=1S/C19H28N2O4/c22-18(13-25-12-17-6-2-1-3-7-17)21-10-11-24-16-19(23,15-21)14-20-8-4-5-9-20/h1-3,6-7,23H,4-5,8-16H2/t19-/m0/s1. The summed E-state index contributed by atoms with van der Waals surface area (Å²) in [5.41, 5.74) is 0.0377. The van der Waals surface area contributed by atoms with Gasteiger partial charge in [0.2, 0.25) is 5.91 Å². The quantitative estimate of drug-likeness (QED) is 0.827. The third kappa shape index (κ3) is 5.51. The third-order valence-electron chi connectivity index (χ3n) is 4.77. The lowest BCUT2D eigenvalue weighted by molar-refractivity contribution is -0.139. The second-order valence-electron chi connectivity index (χ2n) is 7.05. The number of hydrogen-bond donors (Lipinski definition) is 1. The van der Waals surface area contributed by atoms with Crippen LogP contribution < -0.4 is 0 Å². The second-order valence-corrected chi connectivity index (χ2v) is 7.05. The highest BCUT2D eigenvalue weighted by molar-refractivity contribution is 5.77. The Morgan fingerprint density at radius 2 is 1.96 bits per heavy atom. The Morgan fingerprint density at radius 1 is 1.20 bits per heavy atom. The summed E-state index contributed by atoms with van der Waals surface area (Å²) < 4.78 is 11.1. The van der Waals surface area contributed by atoms with Crippen molar-refractivity contribution >= 4 is 5.91 Å². The van der Waals surface area contributed by atoms with Gasteiger partial charge in [-0.1, -0.05) is 30.3 Å². The first-order valence-electron chi connectivity index (χ1n) is 9.07. The Bertz CT molecular complexity index is 548. The Balaban J connectivity index is 1.50. The summed E-state index contributed by atoms with van der Waals surface area (Å²) in [6.07, 6.45) is 2.35. The van der Waals surface area contributed by atoms with Crippen molar-refractivity contribution in [1.29, 1.82) is 0 Å². The van der Waals surface area contributed by atoms with Gasteiger partial charge >= 0.3 is 0 Å². The SMILES string of the molecule is O=C(COCc1ccccc1)N1CCOC[C@](O)(CN2CCCC2)C1. The number of benzene rings is 1. The number of amides is 1. The molecule has 0 aliphatic carbocycles. The lowest BCUT2D eigenvalue weighted by Crippen LogP contribution is -2.53. The minimum absolute atomic E-state index is 0.0225. The van der Waals surface area contributed by atoms with Crippen LogP contribution in [0.2, 0.25) is 0 Å². The smallest absolute Gasteiger partial charge is 0.248 e. The molecule has 6 heteroatoms. The Kier molecular flexibility index (Phi) is 6.42.